The van der Waals surface area contributed by atoms with Crippen LogP contribution in [0.2, 0.25) is 0 Å². The lowest BCUT2D eigenvalue weighted by molar-refractivity contribution is 0.282. The summed E-state index contributed by atoms with van der Waals surface area (Å²) in [6, 6.07) is 7.94. The van der Waals surface area contributed by atoms with Crippen molar-refractivity contribution < 1.29 is 9.50 Å². The third-order valence-electron chi connectivity index (χ3n) is 2.24. The van der Waals surface area contributed by atoms with E-state index < -0.39 is 0 Å². The van der Waals surface area contributed by atoms with Crippen LogP contribution in [0.25, 0.3) is 0 Å². The lowest BCUT2D eigenvalue weighted by Crippen LogP contribution is -1.82. The normalized spacial score (nSPS) is 9.44. The highest BCUT2D eigenvalue weighted by molar-refractivity contribution is 5.02. The zero-order valence-electron chi connectivity index (χ0n) is 10.2. The number of halogens is 1. The average molecular weight is 226 g/mol. The van der Waals surface area contributed by atoms with Crippen LogP contribution in [0.15, 0.2) is 30.3 Å². The van der Waals surface area contributed by atoms with Crippen molar-refractivity contribution >= 4 is 0 Å². The van der Waals surface area contributed by atoms with E-state index >= 15 is 0 Å². The first-order chi connectivity index (χ1) is 7.81. The number of hydrogen-bond donors (Lipinski definition) is 1. The van der Waals surface area contributed by atoms with Crippen LogP contribution >= 0.6 is 0 Å². The van der Waals surface area contributed by atoms with Gasteiger partial charge in [0.25, 0.3) is 0 Å². The fraction of sp³-hybridized carbons (Fsp3) is 0.571. The van der Waals surface area contributed by atoms with E-state index in [0.717, 1.165) is 6.42 Å². The average Bonchev–Trinajstić information content (AvgIpc) is 2.31. The Balaban J connectivity index is 0.000000288. The zero-order chi connectivity index (χ0) is 12.1. The smallest absolute Gasteiger partial charge is 0.123 e. The van der Waals surface area contributed by atoms with Gasteiger partial charge in [0, 0.05) is 6.61 Å². The van der Waals surface area contributed by atoms with E-state index in [1.807, 2.05) is 0 Å². The maximum atomic E-state index is 11.9. The summed E-state index contributed by atoms with van der Waals surface area (Å²) in [5.41, 5.74) is 0. The molecule has 0 saturated carbocycles. The Morgan fingerprint density at radius 2 is 1.50 bits per heavy atom. The maximum Gasteiger partial charge on any atom is 0.123 e. The predicted molar refractivity (Wildman–Crippen MR) is 66.9 cm³/mol. The van der Waals surface area contributed by atoms with E-state index in [2.05, 4.69) is 6.92 Å². The molecule has 0 aromatic heterocycles. The van der Waals surface area contributed by atoms with Crippen LogP contribution in [0, 0.1) is 5.82 Å². The molecule has 1 aromatic rings. The van der Waals surface area contributed by atoms with Gasteiger partial charge in [-0.05, 0) is 18.6 Å². The topological polar surface area (TPSA) is 20.2 Å². The Bertz CT molecular complexity index is 217. The first-order valence-electron chi connectivity index (χ1n) is 6.12. The Kier molecular flexibility index (Phi) is 11.5. The summed E-state index contributed by atoms with van der Waals surface area (Å²) in [7, 11) is 0. The molecule has 0 atom stereocenters. The standard InChI is InChI=1S/C8H18O.C6H5F/c1-2-3-4-5-6-7-8-9;7-6-4-2-1-3-5-6/h9H,2-8H2,1H3;1-5H. The van der Waals surface area contributed by atoms with Gasteiger partial charge in [-0.15, -0.1) is 0 Å². The molecule has 1 aromatic carbocycles. The molecule has 0 bridgehead atoms. The van der Waals surface area contributed by atoms with Crippen molar-refractivity contribution in [3.63, 3.8) is 0 Å². The number of benzene rings is 1. The Morgan fingerprint density at radius 1 is 0.938 bits per heavy atom. The molecule has 1 N–H and O–H groups in total. The molecule has 0 saturated heterocycles. The van der Waals surface area contributed by atoms with Crippen LogP contribution < -0.4 is 0 Å². The minimum atomic E-state index is -0.178. The first-order valence-corrected chi connectivity index (χ1v) is 6.12. The Morgan fingerprint density at radius 3 is 1.94 bits per heavy atom. The summed E-state index contributed by atoms with van der Waals surface area (Å²) >= 11 is 0. The van der Waals surface area contributed by atoms with E-state index in [9.17, 15) is 4.39 Å². The van der Waals surface area contributed by atoms with Crippen molar-refractivity contribution in [2.75, 3.05) is 6.61 Å². The van der Waals surface area contributed by atoms with Crippen molar-refractivity contribution in [2.45, 2.75) is 45.4 Å². The molecule has 1 nitrogen and oxygen atoms in total. The summed E-state index contributed by atoms with van der Waals surface area (Å²) in [5.74, 6) is -0.178. The largest absolute Gasteiger partial charge is 0.396 e. The second-order valence-electron chi connectivity index (χ2n) is 3.79. The molecule has 0 aliphatic rings. The van der Waals surface area contributed by atoms with Gasteiger partial charge in [-0.25, -0.2) is 4.39 Å². The highest BCUT2D eigenvalue weighted by Crippen LogP contribution is 2.03. The van der Waals surface area contributed by atoms with Gasteiger partial charge in [0.2, 0.25) is 0 Å². The minimum Gasteiger partial charge on any atom is -0.396 e. The van der Waals surface area contributed by atoms with Crippen LogP contribution in [0.1, 0.15) is 45.4 Å². The molecule has 0 spiro atoms. The number of unbranched alkanes of at least 4 members (excludes halogenated alkanes) is 5. The quantitative estimate of drug-likeness (QED) is 0.722. The van der Waals surface area contributed by atoms with E-state index in [4.69, 9.17) is 5.11 Å². The molecular formula is C14H23FO. The summed E-state index contributed by atoms with van der Waals surface area (Å²) in [5, 5.41) is 8.42. The molecular weight excluding hydrogens is 203 g/mol. The number of hydrogen-bond acceptors (Lipinski definition) is 1. The third-order valence-corrected chi connectivity index (χ3v) is 2.24. The van der Waals surface area contributed by atoms with E-state index in [0.29, 0.717) is 6.61 Å². The van der Waals surface area contributed by atoms with E-state index in [1.54, 1.807) is 18.2 Å². The molecule has 92 valence electrons. The minimum absolute atomic E-state index is 0.178. The Hall–Kier alpha value is -0.890. The predicted octanol–water partition coefficient (Wildman–Crippen LogP) is 4.16. The maximum absolute atomic E-state index is 11.9. The molecule has 0 heterocycles. The monoisotopic (exact) mass is 226 g/mol. The summed E-state index contributed by atoms with van der Waals surface area (Å²) in [6.45, 7) is 2.58. The molecule has 0 aliphatic heterocycles. The molecule has 16 heavy (non-hydrogen) atoms. The summed E-state index contributed by atoms with van der Waals surface area (Å²) in [4.78, 5) is 0. The van der Waals surface area contributed by atoms with Gasteiger partial charge in [-0.1, -0.05) is 57.2 Å². The van der Waals surface area contributed by atoms with E-state index in [1.165, 1.54) is 44.2 Å². The van der Waals surface area contributed by atoms with Crippen LogP contribution in [-0.2, 0) is 0 Å². The van der Waals surface area contributed by atoms with Crippen LogP contribution in [-0.4, -0.2) is 11.7 Å². The first kappa shape index (κ1) is 15.1. The van der Waals surface area contributed by atoms with Crippen LogP contribution in [0.3, 0.4) is 0 Å². The van der Waals surface area contributed by atoms with Gasteiger partial charge in [-0.2, -0.15) is 0 Å². The fourth-order valence-corrected chi connectivity index (χ4v) is 1.31. The fourth-order valence-electron chi connectivity index (χ4n) is 1.31. The van der Waals surface area contributed by atoms with Crippen molar-refractivity contribution in [2.24, 2.45) is 0 Å². The van der Waals surface area contributed by atoms with Gasteiger partial charge in [0.1, 0.15) is 5.82 Å². The van der Waals surface area contributed by atoms with Crippen molar-refractivity contribution in [3.05, 3.63) is 36.1 Å². The highest BCUT2D eigenvalue weighted by Gasteiger charge is 1.86. The number of rotatable bonds is 6. The number of aliphatic hydroxyl groups is 1. The van der Waals surface area contributed by atoms with Gasteiger partial charge >= 0.3 is 0 Å². The highest BCUT2D eigenvalue weighted by atomic mass is 19.1. The van der Waals surface area contributed by atoms with Crippen LogP contribution in [0.4, 0.5) is 4.39 Å². The lowest BCUT2D eigenvalue weighted by atomic mass is 10.1. The SMILES string of the molecule is CCCCCCCCO.Fc1ccccc1. The summed E-state index contributed by atoms with van der Waals surface area (Å²) < 4.78 is 11.9. The van der Waals surface area contributed by atoms with E-state index in [-0.39, 0.29) is 5.82 Å². The lowest BCUT2D eigenvalue weighted by Gasteiger charge is -1.95. The molecule has 0 aliphatic carbocycles. The summed E-state index contributed by atoms with van der Waals surface area (Å²) in [6.07, 6.45) is 7.50. The van der Waals surface area contributed by atoms with Crippen LogP contribution in [0.5, 0.6) is 0 Å². The molecule has 1 rings (SSSR count). The van der Waals surface area contributed by atoms with Gasteiger partial charge in [-0.3, -0.25) is 0 Å². The van der Waals surface area contributed by atoms with Crippen molar-refractivity contribution in [3.8, 4) is 0 Å². The Labute approximate surface area is 98.3 Å². The third kappa shape index (κ3) is 11.2. The van der Waals surface area contributed by atoms with Gasteiger partial charge in [0.15, 0.2) is 0 Å². The molecule has 2 heteroatoms. The molecule has 0 unspecified atom stereocenters. The van der Waals surface area contributed by atoms with Crippen molar-refractivity contribution in [1.29, 1.82) is 0 Å². The molecule has 0 radical (unpaired) electrons. The van der Waals surface area contributed by atoms with Crippen molar-refractivity contribution in [1.82, 2.24) is 0 Å². The second-order valence-corrected chi connectivity index (χ2v) is 3.79. The second kappa shape index (κ2) is 12.2. The van der Waals surface area contributed by atoms with Gasteiger partial charge < -0.3 is 5.11 Å². The molecule has 0 amide bonds. The molecule has 0 fully saturated rings. The zero-order valence-corrected chi connectivity index (χ0v) is 10.2. The van der Waals surface area contributed by atoms with Gasteiger partial charge in [0.05, 0.1) is 0 Å². The number of aliphatic hydroxyl groups excluding tert-OH is 1.